The summed E-state index contributed by atoms with van der Waals surface area (Å²) in [5.74, 6) is -2.72. The van der Waals surface area contributed by atoms with E-state index in [0.717, 1.165) is 6.07 Å². The molecule has 3 N–H and O–H groups in total. The molecule has 1 aromatic rings. The molecule has 1 aromatic carbocycles. The van der Waals surface area contributed by atoms with Crippen LogP contribution in [0.4, 0.5) is 14.5 Å². The van der Waals surface area contributed by atoms with E-state index in [4.69, 9.17) is 5.73 Å². The van der Waals surface area contributed by atoms with E-state index in [1.807, 2.05) is 0 Å². The molecule has 0 radical (unpaired) electrons. The molecule has 0 heterocycles. The Balaban J connectivity index is 2.73. The first-order valence-corrected chi connectivity index (χ1v) is 5.01. The molecule has 5 heteroatoms. The number of halogens is 2. The van der Waals surface area contributed by atoms with E-state index in [9.17, 15) is 13.6 Å². The summed E-state index contributed by atoms with van der Waals surface area (Å²) >= 11 is 0. The third-order valence-corrected chi connectivity index (χ3v) is 2.26. The molecule has 0 aliphatic heterocycles. The molecule has 1 amide bonds. The van der Waals surface area contributed by atoms with E-state index in [2.05, 4.69) is 5.32 Å². The number of nitrogens with one attached hydrogen (secondary N) is 1. The average molecular weight is 228 g/mol. The third kappa shape index (κ3) is 3.00. The minimum absolute atomic E-state index is 0.145. The maximum atomic E-state index is 13.2. The van der Waals surface area contributed by atoms with Gasteiger partial charge in [-0.25, -0.2) is 8.78 Å². The lowest BCUT2D eigenvalue weighted by atomic mass is 10.1. The molecular formula is C11H14F2N2O. The van der Waals surface area contributed by atoms with Crippen molar-refractivity contribution in [2.45, 2.75) is 13.3 Å². The second-order valence-electron chi connectivity index (χ2n) is 3.57. The van der Waals surface area contributed by atoms with Crippen molar-refractivity contribution in [3.63, 3.8) is 0 Å². The number of anilines is 1. The summed E-state index contributed by atoms with van der Waals surface area (Å²) < 4.78 is 26.0. The van der Waals surface area contributed by atoms with Crippen molar-refractivity contribution in [1.82, 2.24) is 0 Å². The molecule has 0 saturated carbocycles. The summed E-state index contributed by atoms with van der Waals surface area (Å²) in [4.78, 5) is 11.5. The highest BCUT2D eigenvalue weighted by molar-refractivity contribution is 5.92. The first-order valence-electron chi connectivity index (χ1n) is 5.01. The number of carbonyl (C=O) groups is 1. The van der Waals surface area contributed by atoms with Crippen molar-refractivity contribution in [2.24, 2.45) is 11.7 Å². The number of nitrogens with two attached hydrogens (primary N) is 1. The van der Waals surface area contributed by atoms with Gasteiger partial charge in [-0.05, 0) is 25.1 Å². The van der Waals surface area contributed by atoms with Crippen LogP contribution >= 0.6 is 0 Å². The van der Waals surface area contributed by atoms with E-state index in [1.54, 1.807) is 6.92 Å². The zero-order valence-corrected chi connectivity index (χ0v) is 8.97. The Morgan fingerprint density at radius 3 is 2.81 bits per heavy atom. The highest BCUT2D eigenvalue weighted by atomic mass is 19.2. The number of amides is 1. The van der Waals surface area contributed by atoms with E-state index >= 15 is 0 Å². The van der Waals surface area contributed by atoms with Crippen LogP contribution in [0.1, 0.15) is 13.3 Å². The van der Waals surface area contributed by atoms with Gasteiger partial charge in [0.15, 0.2) is 11.6 Å². The van der Waals surface area contributed by atoms with Crippen LogP contribution in [0, 0.1) is 17.6 Å². The van der Waals surface area contributed by atoms with Crippen molar-refractivity contribution in [2.75, 3.05) is 11.9 Å². The van der Waals surface area contributed by atoms with Gasteiger partial charge < -0.3 is 11.1 Å². The molecule has 3 nitrogen and oxygen atoms in total. The van der Waals surface area contributed by atoms with Crippen LogP contribution < -0.4 is 11.1 Å². The van der Waals surface area contributed by atoms with Crippen LogP contribution in [-0.4, -0.2) is 12.5 Å². The predicted molar refractivity (Wildman–Crippen MR) is 57.8 cm³/mol. The van der Waals surface area contributed by atoms with Crippen LogP contribution in [-0.2, 0) is 4.79 Å². The fraction of sp³-hybridized carbons (Fsp3) is 0.364. The van der Waals surface area contributed by atoms with Crippen LogP contribution in [0.3, 0.4) is 0 Å². The minimum atomic E-state index is -1.05. The Labute approximate surface area is 92.6 Å². The van der Waals surface area contributed by atoms with Gasteiger partial charge in [-0.2, -0.15) is 0 Å². The molecule has 1 unspecified atom stereocenters. The molecule has 0 aliphatic carbocycles. The lowest BCUT2D eigenvalue weighted by Gasteiger charge is -2.11. The van der Waals surface area contributed by atoms with Crippen LogP contribution in [0.5, 0.6) is 0 Å². The van der Waals surface area contributed by atoms with E-state index in [-0.39, 0.29) is 17.5 Å². The van der Waals surface area contributed by atoms with Gasteiger partial charge in [0.1, 0.15) is 0 Å². The predicted octanol–water partition coefficient (Wildman–Crippen LogP) is 1.89. The fourth-order valence-corrected chi connectivity index (χ4v) is 1.24. The largest absolute Gasteiger partial charge is 0.330 e. The Hall–Kier alpha value is -1.49. The summed E-state index contributed by atoms with van der Waals surface area (Å²) in [7, 11) is 0. The summed E-state index contributed by atoms with van der Waals surface area (Å²) in [6, 6.07) is 3.64. The molecule has 0 saturated heterocycles. The average Bonchev–Trinajstić information content (AvgIpc) is 2.25. The number of hydrogen-bond donors (Lipinski definition) is 2. The van der Waals surface area contributed by atoms with Gasteiger partial charge in [-0.15, -0.1) is 0 Å². The molecule has 1 rings (SSSR count). The Bertz CT molecular complexity index is 382. The van der Waals surface area contributed by atoms with Gasteiger partial charge in [-0.1, -0.05) is 13.0 Å². The lowest BCUT2D eigenvalue weighted by molar-refractivity contribution is -0.119. The quantitative estimate of drug-likeness (QED) is 0.826. The number of rotatable bonds is 4. The Morgan fingerprint density at radius 1 is 1.50 bits per heavy atom. The second-order valence-corrected chi connectivity index (χ2v) is 3.57. The monoisotopic (exact) mass is 228 g/mol. The van der Waals surface area contributed by atoms with Crippen molar-refractivity contribution >= 4 is 11.6 Å². The highest BCUT2D eigenvalue weighted by Crippen LogP contribution is 2.17. The third-order valence-electron chi connectivity index (χ3n) is 2.26. The normalized spacial score (nSPS) is 12.2. The van der Waals surface area contributed by atoms with Gasteiger partial charge >= 0.3 is 0 Å². The van der Waals surface area contributed by atoms with Crippen molar-refractivity contribution in [3.05, 3.63) is 29.8 Å². The smallest absolute Gasteiger partial charge is 0.227 e. The number of hydrogen-bond acceptors (Lipinski definition) is 2. The van der Waals surface area contributed by atoms with Crippen LogP contribution in [0.15, 0.2) is 18.2 Å². The summed E-state index contributed by atoms with van der Waals surface area (Å²) in [5, 5.41) is 2.33. The van der Waals surface area contributed by atoms with E-state index < -0.39 is 11.6 Å². The van der Waals surface area contributed by atoms with Gasteiger partial charge in [0.25, 0.3) is 0 Å². The molecule has 0 fully saturated rings. The van der Waals surface area contributed by atoms with Gasteiger partial charge in [0.2, 0.25) is 5.91 Å². The molecular weight excluding hydrogens is 214 g/mol. The maximum absolute atomic E-state index is 13.2. The zero-order valence-electron chi connectivity index (χ0n) is 8.97. The zero-order chi connectivity index (χ0) is 12.1. The van der Waals surface area contributed by atoms with Crippen molar-refractivity contribution in [3.8, 4) is 0 Å². The molecule has 0 spiro atoms. The summed E-state index contributed by atoms with van der Waals surface area (Å²) in [5.41, 5.74) is 5.16. The SMILES string of the molecule is CC(CCN)C(=O)Nc1cccc(F)c1F. The van der Waals surface area contributed by atoms with E-state index in [1.165, 1.54) is 12.1 Å². The molecule has 0 bridgehead atoms. The topological polar surface area (TPSA) is 55.1 Å². The molecule has 0 aliphatic rings. The standard InChI is InChI=1S/C11H14F2N2O/c1-7(5-6-14)11(16)15-9-4-2-3-8(12)10(9)13/h2-4,7H,5-6,14H2,1H3,(H,15,16). The Kier molecular flexibility index (Phi) is 4.37. The van der Waals surface area contributed by atoms with Crippen LogP contribution in [0.25, 0.3) is 0 Å². The Morgan fingerprint density at radius 2 is 2.19 bits per heavy atom. The number of carbonyl (C=O) groups excluding carboxylic acids is 1. The van der Waals surface area contributed by atoms with Crippen LogP contribution in [0.2, 0.25) is 0 Å². The fourth-order valence-electron chi connectivity index (χ4n) is 1.24. The van der Waals surface area contributed by atoms with Gasteiger partial charge in [-0.3, -0.25) is 4.79 Å². The molecule has 88 valence electrons. The van der Waals surface area contributed by atoms with Gasteiger partial charge in [0, 0.05) is 5.92 Å². The van der Waals surface area contributed by atoms with E-state index in [0.29, 0.717) is 13.0 Å². The highest BCUT2D eigenvalue weighted by Gasteiger charge is 2.15. The maximum Gasteiger partial charge on any atom is 0.227 e. The minimum Gasteiger partial charge on any atom is -0.330 e. The lowest BCUT2D eigenvalue weighted by Crippen LogP contribution is -2.23. The first kappa shape index (κ1) is 12.6. The van der Waals surface area contributed by atoms with Crippen molar-refractivity contribution in [1.29, 1.82) is 0 Å². The first-order chi connectivity index (χ1) is 7.56. The van der Waals surface area contributed by atoms with Gasteiger partial charge in [0.05, 0.1) is 5.69 Å². The summed E-state index contributed by atoms with van der Waals surface area (Å²) in [6.45, 7) is 2.06. The summed E-state index contributed by atoms with van der Waals surface area (Å²) in [6.07, 6.45) is 0.503. The molecule has 0 aromatic heterocycles. The molecule has 16 heavy (non-hydrogen) atoms. The second kappa shape index (κ2) is 5.55. The number of benzene rings is 1. The van der Waals surface area contributed by atoms with Crippen molar-refractivity contribution < 1.29 is 13.6 Å². The molecule has 1 atom stereocenters.